The molecule has 0 aliphatic heterocycles. The van der Waals surface area contributed by atoms with E-state index in [1.807, 2.05) is 18.2 Å². The van der Waals surface area contributed by atoms with Crippen LogP contribution in [0.2, 0.25) is 0 Å². The number of benzene rings is 1. The van der Waals surface area contributed by atoms with Crippen LogP contribution in [0.1, 0.15) is 53.9 Å². The summed E-state index contributed by atoms with van der Waals surface area (Å²) in [4.78, 5) is 23.6. The molecule has 0 unspecified atom stereocenters. The summed E-state index contributed by atoms with van der Waals surface area (Å²) in [6, 6.07) is 10.1. The summed E-state index contributed by atoms with van der Waals surface area (Å²) in [7, 11) is 0. The SMILES string of the molecule is CCC(CC)(CNC(=O)c1c(C)coc1CC(=O)O)c1ccccc1. The normalized spacial score (nSPS) is 11.3. The van der Waals surface area contributed by atoms with Gasteiger partial charge in [0.2, 0.25) is 0 Å². The maximum atomic E-state index is 12.7. The number of aryl methyl sites for hydroxylation is 1. The highest BCUT2D eigenvalue weighted by atomic mass is 16.4. The first-order chi connectivity index (χ1) is 11.9. The second kappa shape index (κ2) is 8.01. The molecule has 25 heavy (non-hydrogen) atoms. The van der Waals surface area contributed by atoms with E-state index >= 15 is 0 Å². The quantitative estimate of drug-likeness (QED) is 0.766. The van der Waals surface area contributed by atoms with Gasteiger partial charge in [-0.05, 0) is 25.3 Å². The summed E-state index contributed by atoms with van der Waals surface area (Å²) < 4.78 is 5.25. The van der Waals surface area contributed by atoms with E-state index in [4.69, 9.17) is 9.52 Å². The van der Waals surface area contributed by atoms with E-state index < -0.39 is 5.97 Å². The van der Waals surface area contributed by atoms with E-state index in [1.165, 1.54) is 11.8 Å². The summed E-state index contributed by atoms with van der Waals surface area (Å²) in [5.41, 5.74) is 2.01. The topological polar surface area (TPSA) is 79.5 Å². The first-order valence-electron chi connectivity index (χ1n) is 8.56. The Labute approximate surface area is 148 Å². The zero-order chi connectivity index (χ0) is 18.4. The smallest absolute Gasteiger partial charge is 0.311 e. The minimum absolute atomic E-state index is 0.151. The third-order valence-electron chi connectivity index (χ3n) is 4.92. The molecule has 0 fully saturated rings. The summed E-state index contributed by atoms with van der Waals surface area (Å²) in [6.45, 7) is 6.46. The fourth-order valence-electron chi connectivity index (χ4n) is 3.21. The van der Waals surface area contributed by atoms with Gasteiger partial charge in [0.15, 0.2) is 0 Å². The molecule has 2 N–H and O–H groups in total. The number of nitrogens with one attached hydrogen (secondary N) is 1. The first-order valence-corrected chi connectivity index (χ1v) is 8.56. The summed E-state index contributed by atoms with van der Waals surface area (Å²) in [6.07, 6.45) is 2.90. The molecule has 2 aromatic rings. The lowest BCUT2D eigenvalue weighted by atomic mass is 9.75. The van der Waals surface area contributed by atoms with Crippen LogP contribution >= 0.6 is 0 Å². The predicted molar refractivity (Wildman–Crippen MR) is 95.8 cm³/mol. The van der Waals surface area contributed by atoms with E-state index in [1.54, 1.807) is 6.92 Å². The number of carboxylic acids is 1. The second-order valence-corrected chi connectivity index (χ2v) is 6.32. The monoisotopic (exact) mass is 343 g/mol. The van der Waals surface area contributed by atoms with Crippen LogP contribution in [-0.4, -0.2) is 23.5 Å². The molecule has 0 aliphatic carbocycles. The van der Waals surface area contributed by atoms with Crippen LogP contribution in [0.25, 0.3) is 0 Å². The molecule has 0 saturated heterocycles. The average Bonchev–Trinajstić information content (AvgIpc) is 2.96. The number of carboxylic acid groups (broad SMARTS) is 1. The van der Waals surface area contributed by atoms with Gasteiger partial charge in [0, 0.05) is 17.5 Å². The molecule has 5 nitrogen and oxygen atoms in total. The molecule has 1 aromatic carbocycles. The Balaban J connectivity index is 2.20. The van der Waals surface area contributed by atoms with E-state index in [-0.39, 0.29) is 23.5 Å². The van der Waals surface area contributed by atoms with Gasteiger partial charge in [0.1, 0.15) is 12.2 Å². The molecule has 2 rings (SSSR count). The second-order valence-electron chi connectivity index (χ2n) is 6.32. The summed E-state index contributed by atoms with van der Waals surface area (Å²) >= 11 is 0. The highest BCUT2D eigenvalue weighted by Gasteiger charge is 2.30. The number of carbonyl (C=O) groups is 2. The van der Waals surface area contributed by atoms with Gasteiger partial charge >= 0.3 is 5.97 Å². The fraction of sp³-hybridized carbons (Fsp3) is 0.400. The molecule has 0 saturated carbocycles. The first kappa shape index (κ1) is 18.8. The maximum absolute atomic E-state index is 12.7. The molecule has 1 heterocycles. The van der Waals surface area contributed by atoms with Crippen molar-refractivity contribution in [3.63, 3.8) is 0 Å². The van der Waals surface area contributed by atoms with Crippen molar-refractivity contribution in [1.82, 2.24) is 5.32 Å². The van der Waals surface area contributed by atoms with Crippen molar-refractivity contribution in [2.75, 3.05) is 6.54 Å². The molecule has 1 aromatic heterocycles. The van der Waals surface area contributed by atoms with Gasteiger partial charge in [-0.1, -0.05) is 44.2 Å². The van der Waals surface area contributed by atoms with Gasteiger partial charge in [-0.15, -0.1) is 0 Å². The molecule has 0 radical (unpaired) electrons. The van der Waals surface area contributed by atoms with E-state index in [2.05, 4.69) is 31.3 Å². The molecule has 0 atom stereocenters. The molecule has 5 heteroatoms. The molecule has 0 aliphatic rings. The molecule has 0 spiro atoms. The number of furan rings is 1. The van der Waals surface area contributed by atoms with Gasteiger partial charge in [-0.3, -0.25) is 9.59 Å². The molecule has 0 bridgehead atoms. The van der Waals surface area contributed by atoms with E-state index in [0.717, 1.165) is 12.8 Å². The largest absolute Gasteiger partial charge is 0.481 e. The van der Waals surface area contributed by atoms with Gasteiger partial charge in [0.05, 0.1) is 11.8 Å². The van der Waals surface area contributed by atoms with E-state index in [9.17, 15) is 9.59 Å². The standard InChI is InChI=1S/C20H25NO4/c1-4-20(5-2,15-9-7-6-8-10-15)13-21-19(24)18-14(3)12-25-16(18)11-17(22)23/h6-10,12H,4-5,11,13H2,1-3H3,(H,21,24)(H,22,23). The Morgan fingerprint density at radius 3 is 2.36 bits per heavy atom. The van der Waals surface area contributed by atoms with Gasteiger partial charge < -0.3 is 14.8 Å². The highest BCUT2D eigenvalue weighted by Crippen LogP contribution is 2.31. The van der Waals surface area contributed by atoms with Crippen molar-refractivity contribution < 1.29 is 19.1 Å². The summed E-state index contributed by atoms with van der Waals surface area (Å²) in [5, 5.41) is 12.0. The molecular formula is C20H25NO4. The number of carbonyl (C=O) groups excluding carboxylic acids is 1. The Hall–Kier alpha value is -2.56. The third kappa shape index (κ3) is 4.10. The zero-order valence-electron chi connectivity index (χ0n) is 15.0. The Morgan fingerprint density at radius 1 is 1.16 bits per heavy atom. The Bertz CT molecular complexity index is 729. The number of hydrogen-bond acceptors (Lipinski definition) is 3. The van der Waals surface area contributed by atoms with Crippen molar-refractivity contribution in [3.05, 3.63) is 59.0 Å². The van der Waals surface area contributed by atoms with Crippen LogP contribution in [0.4, 0.5) is 0 Å². The van der Waals surface area contributed by atoms with E-state index in [0.29, 0.717) is 17.7 Å². The number of aliphatic carboxylic acids is 1. The van der Waals surface area contributed by atoms with Crippen LogP contribution in [0.15, 0.2) is 41.0 Å². The van der Waals surface area contributed by atoms with Crippen LogP contribution in [0, 0.1) is 6.92 Å². The molecule has 134 valence electrons. The van der Waals surface area contributed by atoms with Crippen molar-refractivity contribution >= 4 is 11.9 Å². The highest BCUT2D eigenvalue weighted by molar-refractivity contribution is 5.97. The lowest BCUT2D eigenvalue weighted by Crippen LogP contribution is -2.40. The minimum Gasteiger partial charge on any atom is -0.481 e. The third-order valence-corrected chi connectivity index (χ3v) is 4.92. The van der Waals surface area contributed by atoms with Crippen molar-refractivity contribution in [2.45, 2.75) is 45.4 Å². The van der Waals surface area contributed by atoms with Gasteiger partial charge in [-0.25, -0.2) is 0 Å². The minimum atomic E-state index is -1.02. The van der Waals surface area contributed by atoms with Crippen LogP contribution in [0.5, 0.6) is 0 Å². The number of amides is 1. The molecular weight excluding hydrogens is 318 g/mol. The van der Waals surface area contributed by atoms with Crippen LogP contribution in [-0.2, 0) is 16.6 Å². The van der Waals surface area contributed by atoms with Crippen molar-refractivity contribution in [3.8, 4) is 0 Å². The maximum Gasteiger partial charge on any atom is 0.311 e. The van der Waals surface area contributed by atoms with Crippen molar-refractivity contribution in [2.24, 2.45) is 0 Å². The zero-order valence-corrected chi connectivity index (χ0v) is 15.0. The van der Waals surface area contributed by atoms with Crippen LogP contribution in [0.3, 0.4) is 0 Å². The lowest BCUT2D eigenvalue weighted by Gasteiger charge is -2.32. The average molecular weight is 343 g/mol. The Kier molecular flexibility index (Phi) is 6.02. The summed E-state index contributed by atoms with van der Waals surface area (Å²) in [5.74, 6) is -1.12. The number of rotatable bonds is 8. The Morgan fingerprint density at radius 2 is 1.80 bits per heavy atom. The van der Waals surface area contributed by atoms with Crippen molar-refractivity contribution in [1.29, 1.82) is 0 Å². The fourth-order valence-corrected chi connectivity index (χ4v) is 3.21. The number of hydrogen-bond donors (Lipinski definition) is 2. The molecule has 1 amide bonds. The van der Waals surface area contributed by atoms with Gasteiger partial charge in [-0.2, -0.15) is 0 Å². The lowest BCUT2D eigenvalue weighted by molar-refractivity contribution is -0.136. The van der Waals surface area contributed by atoms with Crippen LogP contribution < -0.4 is 5.32 Å². The predicted octanol–water partition coefficient (Wildman–Crippen LogP) is 3.70. The van der Waals surface area contributed by atoms with Gasteiger partial charge in [0.25, 0.3) is 5.91 Å².